The number of hydrogen-bond acceptors (Lipinski definition) is 4. The first kappa shape index (κ1) is 21.7. The summed E-state index contributed by atoms with van der Waals surface area (Å²) in [6.45, 7) is 9.52. The van der Waals surface area contributed by atoms with Gasteiger partial charge in [-0.1, -0.05) is 37.6 Å². The maximum absolute atomic E-state index is 12.5. The molecule has 1 saturated heterocycles. The lowest BCUT2D eigenvalue weighted by atomic mass is 10.1. The largest absolute Gasteiger partial charge is 0.369 e. The van der Waals surface area contributed by atoms with Gasteiger partial charge in [0.15, 0.2) is 0 Å². The van der Waals surface area contributed by atoms with Gasteiger partial charge in [0.05, 0.1) is 17.3 Å². The van der Waals surface area contributed by atoms with Gasteiger partial charge in [-0.3, -0.25) is 14.5 Å². The molecule has 2 amide bonds. The number of nitrogens with one attached hydrogen (secondary N) is 1. The summed E-state index contributed by atoms with van der Waals surface area (Å²) >= 11 is 6.06. The lowest BCUT2D eigenvalue weighted by molar-refractivity contribution is -0.144. The summed E-state index contributed by atoms with van der Waals surface area (Å²) < 4.78 is 5.66. The Morgan fingerprint density at radius 2 is 1.81 bits per heavy atom. The van der Waals surface area contributed by atoms with E-state index in [0.29, 0.717) is 49.4 Å². The predicted octanol–water partition coefficient (Wildman–Crippen LogP) is 2.87. The van der Waals surface area contributed by atoms with Gasteiger partial charge in [-0.15, -0.1) is 0 Å². The first-order valence-electron chi connectivity index (χ1n) is 9.54. The van der Waals surface area contributed by atoms with Gasteiger partial charge in [0.1, 0.15) is 6.10 Å². The highest BCUT2D eigenvalue weighted by molar-refractivity contribution is 6.33. The molecular weight excluding hydrogens is 366 g/mol. The highest BCUT2D eigenvalue weighted by Crippen LogP contribution is 2.20. The Bertz CT molecular complexity index is 631. The Morgan fingerprint density at radius 1 is 1.15 bits per heavy atom. The number of halogens is 1. The second kappa shape index (κ2) is 10.6. The molecule has 0 spiro atoms. The van der Waals surface area contributed by atoms with Crippen molar-refractivity contribution in [2.24, 2.45) is 5.92 Å². The monoisotopic (exact) mass is 395 g/mol. The number of nitrogens with zero attached hydrogens (tertiary/aromatic N) is 2. The van der Waals surface area contributed by atoms with E-state index in [1.807, 2.05) is 28.9 Å². The summed E-state index contributed by atoms with van der Waals surface area (Å²) in [5.74, 6) is 0.486. The number of carbonyl (C=O) groups excluding carboxylic acids is 2. The molecule has 0 bridgehead atoms. The van der Waals surface area contributed by atoms with Crippen LogP contribution in [0.25, 0.3) is 0 Å². The van der Waals surface area contributed by atoms with E-state index in [9.17, 15) is 9.59 Å². The fraction of sp³-hybridized carbons (Fsp3) is 0.600. The van der Waals surface area contributed by atoms with Gasteiger partial charge in [-0.25, -0.2) is 0 Å². The summed E-state index contributed by atoms with van der Waals surface area (Å²) in [7, 11) is 0. The zero-order valence-electron chi connectivity index (χ0n) is 16.4. The van der Waals surface area contributed by atoms with Crippen LogP contribution in [0.5, 0.6) is 0 Å². The lowest BCUT2D eigenvalue weighted by Gasteiger charge is -2.35. The molecular formula is C20H30ClN3O3. The van der Waals surface area contributed by atoms with Crippen LogP contribution >= 0.6 is 11.6 Å². The Hall–Kier alpha value is -1.63. The van der Waals surface area contributed by atoms with Crippen LogP contribution in [0.2, 0.25) is 5.02 Å². The SMILES string of the molecule is CC(C)CCOC(C)C(=O)N1CCN(CC(=O)Nc2ccccc2Cl)CC1. The van der Waals surface area contributed by atoms with Crippen molar-refractivity contribution in [2.75, 3.05) is 44.6 Å². The first-order chi connectivity index (χ1) is 12.9. The molecule has 1 unspecified atom stereocenters. The van der Waals surface area contributed by atoms with Crippen LogP contribution in [-0.2, 0) is 14.3 Å². The molecule has 7 heteroatoms. The van der Waals surface area contributed by atoms with E-state index in [-0.39, 0.29) is 18.4 Å². The van der Waals surface area contributed by atoms with Crippen LogP contribution < -0.4 is 5.32 Å². The molecule has 0 saturated carbocycles. The zero-order valence-corrected chi connectivity index (χ0v) is 17.2. The predicted molar refractivity (Wildman–Crippen MR) is 108 cm³/mol. The first-order valence-corrected chi connectivity index (χ1v) is 9.91. The zero-order chi connectivity index (χ0) is 19.8. The quantitative estimate of drug-likeness (QED) is 0.735. The van der Waals surface area contributed by atoms with Gasteiger partial charge in [-0.05, 0) is 31.4 Å². The number of ether oxygens (including phenoxy) is 1. The van der Waals surface area contributed by atoms with E-state index in [4.69, 9.17) is 16.3 Å². The normalized spacial score (nSPS) is 16.4. The number of rotatable bonds is 8. The average molecular weight is 396 g/mol. The van der Waals surface area contributed by atoms with Crippen LogP contribution in [0, 0.1) is 5.92 Å². The number of anilines is 1. The number of piperazine rings is 1. The van der Waals surface area contributed by atoms with Crippen molar-refractivity contribution in [3.63, 3.8) is 0 Å². The Balaban J connectivity index is 1.72. The second-order valence-electron chi connectivity index (χ2n) is 7.32. The van der Waals surface area contributed by atoms with Crippen molar-refractivity contribution in [3.05, 3.63) is 29.3 Å². The molecule has 1 atom stereocenters. The van der Waals surface area contributed by atoms with Crippen LogP contribution in [0.3, 0.4) is 0 Å². The molecule has 1 aromatic rings. The molecule has 0 aromatic heterocycles. The second-order valence-corrected chi connectivity index (χ2v) is 7.73. The molecule has 6 nitrogen and oxygen atoms in total. The molecule has 1 fully saturated rings. The van der Waals surface area contributed by atoms with Crippen molar-refractivity contribution >= 4 is 29.1 Å². The van der Waals surface area contributed by atoms with Crippen molar-refractivity contribution in [1.29, 1.82) is 0 Å². The molecule has 2 rings (SSSR count). The van der Waals surface area contributed by atoms with Gasteiger partial charge in [0.2, 0.25) is 5.91 Å². The topological polar surface area (TPSA) is 61.9 Å². The smallest absolute Gasteiger partial charge is 0.251 e. The molecule has 1 heterocycles. The summed E-state index contributed by atoms with van der Waals surface area (Å²) in [6.07, 6.45) is 0.533. The number of carbonyl (C=O) groups is 2. The van der Waals surface area contributed by atoms with Crippen molar-refractivity contribution in [2.45, 2.75) is 33.3 Å². The van der Waals surface area contributed by atoms with Crippen LogP contribution in [0.1, 0.15) is 27.2 Å². The Labute approximate surface area is 166 Å². The molecule has 0 aliphatic carbocycles. The van der Waals surface area contributed by atoms with Crippen LogP contribution in [0.15, 0.2) is 24.3 Å². The number of hydrogen-bond donors (Lipinski definition) is 1. The number of amides is 2. The average Bonchev–Trinajstić information content (AvgIpc) is 2.63. The molecule has 1 aliphatic heterocycles. The highest BCUT2D eigenvalue weighted by atomic mass is 35.5. The van der Waals surface area contributed by atoms with Gasteiger partial charge < -0.3 is 15.0 Å². The van der Waals surface area contributed by atoms with Crippen LogP contribution in [-0.4, -0.2) is 67.0 Å². The fourth-order valence-electron chi connectivity index (χ4n) is 2.89. The molecule has 150 valence electrons. The Morgan fingerprint density at radius 3 is 2.44 bits per heavy atom. The number of benzene rings is 1. The summed E-state index contributed by atoms with van der Waals surface area (Å²) in [5, 5.41) is 3.35. The van der Waals surface area contributed by atoms with E-state index in [1.165, 1.54) is 0 Å². The third kappa shape index (κ3) is 7.13. The maximum Gasteiger partial charge on any atom is 0.251 e. The van der Waals surface area contributed by atoms with Gasteiger partial charge in [0.25, 0.3) is 5.91 Å². The standard InChI is InChI=1S/C20H30ClN3O3/c1-15(2)8-13-27-16(3)20(26)24-11-9-23(10-12-24)14-19(25)22-18-7-5-4-6-17(18)21/h4-7,15-16H,8-14H2,1-3H3,(H,22,25). The van der Waals surface area contributed by atoms with E-state index in [0.717, 1.165) is 6.42 Å². The lowest BCUT2D eigenvalue weighted by Crippen LogP contribution is -2.52. The van der Waals surface area contributed by atoms with E-state index in [1.54, 1.807) is 12.1 Å². The molecule has 1 aliphatic rings. The maximum atomic E-state index is 12.5. The van der Waals surface area contributed by atoms with Crippen molar-refractivity contribution in [3.8, 4) is 0 Å². The van der Waals surface area contributed by atoms with E-state index in [2.05, 4.69) is 19.2 Å². The summed E-state index contributed by atoms with van der Waals surface area (Å²) in [6, 6.07) is 7.17. The summed E-state index contributed by atoms with van der Waals surface area (Å²) in [4.78, 5) is 28.6. The molecule has 27 heavy (non-hydrogen) atoms. The third-order valence-electron chi connectivity index (χ3n) is 4.61. The van der Waals surface area contributed by atoms with Gasteiger partial charge in [0, 0.05) is 32.8 Å². The Kier molecular flexibility index (Phi) is 8.54. The third-order valence-corrected chi connectivity index (χ3v) is 4.94. The van der Waals surface area contributed by atoms with Gasteiger partial charge >= 0.3 is 0 Å². The molecule has 1 N–H and O–H groups in total. The van der Waals surface area contributed by atoms with Crippen molar-refractivity contribution < 1.29 is 14.3 Å². The van der Waals surface area contributed by atoms with Crippen molar-refractivity contribution in [1.82, 2.24) is 9.80 Å². The fourth-order valence-corrected chi connectivity index (χ4v) is 3.07. The molecule has 1 aromatic carbocycles. The minimum absolute atomic E-state index is 0.0268. The molecule has 0 radical (unpaired) electrons. The van der Waals surface area contributed by atoms with E-state index >= 15 is 0 Å². The van der Waals surface area contributed by atoms with Crippen LogP contribution in [0.4, 0.5) is 5.69 Å². The van der Waals surface area contributed by atoms with E-state index < -0.39 is 6.10 Å². The number of para-hydroxylation sites is 1. The van der Waals surface area contributed by atoms with Gasteiger partial charge in [-0.2, -0.15) is 0 Å². The highest BCUT2D eigenvalue weighted by Gasteiger charge is 2.26. The summed E-state index contributed by atoms with van der Waals surface area (Å²) in [5.41, 5.74) is 0.616. The minimum Gasteiger partial charge on any atom is -0.369 e. The minimum atomic E-state index is -0.418.